The maximum Gasteiger partial charge on any atom is 0.255 e. The summed E-state index contributed by atoms with van der Waals surface area (Å²) in [5, 5.41) is 6.05. The number of nitrogens with zero attached hydrogens (tertiary/aromatic N) is 1. The number of rotatable bonds is 6. The summed E-state index contributed by atoms with van der Waals surface area (Å²) >= 11 is 0. The fraction of sp³-hybridized carbons (Fsp3) is 0.100. The number of nitrogens with one attached hydrogen (secondary N) is 2. The molecule has 0 saturated carbocycles. The maximum atomic E-state index is 12.1. The average molecular weight is 333 g/mol. The van der Waals surface area contributed by atoms with E-state index < -0.39 is 0 Å². The molecule has 0 aliphatic rings. The third kappa shape index (κ3) is 4.35. The van der Waals surface area contributed by atoms with E-state index in [4.69, 9.17) is 4.74 Å². The number of pyridine rings is 1. The first kappa shape index (κ1) is 16.5. The molecule has 0 bridgehead atoms. The summed E-state index contributed by atoms with van der Waals surface area (Å²) in [5.74, 6) is 1.28. The summed E-state index contributed by atoms with van der Waals surface area (Å²) in [6, 6.07) is 20.4. The SMILES string of the molecule is CCOc1ccccc1Nc1ccc(NC(=O)c2ccccc2)cn1. The van der Waals surface area contributed by atoms with Crippen LogP contribution in [0.1, 0.15) is 17.3 Å². The molecule has 5 heteroatoms. The molecule has 0 aliphatic heterocycles. The Bertz CT molecular complexity index is 833. The molecule has 2 N–H and O–H groups in total. The van der Waals surface area contributed by atoms with Crippen LogP contribution in [0, 0.1) is 0 Å². The van der Waals surface area contributed by atoms with E-state index >= 15 is 0 Å². The predicted octanol–water partition coefficient (Wildman–Crippen LogP) is 4.48. The lowest BCUT2D eigenvalue weighted by atomic mass is 10.2. The third-order valence-corrected chi connectivity index (χ3v) is 3.51. The highest BCUT2D eigenvalue weighted by Crippen LogP contribution is 2.26. The van der Waals surface area contributed by atoms with Crippen molar-refractivity contribution in [2.75, 3.05) is 17.2 Å². The van der Waals surface area contributed by atoms with Gasteiger partial charge in [0, 0.05) is 5.56 Å². The highest BCUT2D eigenvalue weighted by atomic mass is 16.5. The highest BCUT2D eigenvalue weighted by Gasteiger charge is 2.06. The minimum atomic E-state index is -0.162. The smallest absolute Gasteiger partial charge is 0.255 e. The minimum Gasteiger partial charge on any atom is -0.492 e. The fourth-order valence-corrected chi connectivity index (χ4v) is 2.32. The van der Waals surface area contributed by atoms with E-state index in [0.717, 1.165) is 11.4 Å². The van der Waals surface area contributed by atoms with Gasteiger partial charge in [0.15, 0.2) is 0 Å². The number of hydrogen-bond donors (Lipinski definition) is 2. The van der Waals surface area contributed by atoms with Gasteiger partial charge >= 0.3 is 0 Å². The highest BCUT2D eigenvalue weighted by molar-refractivity contribution is 6.04. The van der Waals surface area contributed by atoms with Gasteiger partial charge in [0.25, 0.3) is 5.91 Å². The summed E-state index contributed by atoms with van der Waals surface area (Å²) in [6.45, 7) is 2.54. The Labute approximate surface area is 146 Å². The molecule has 0 spiro atoms. The first-order chi connectivity index (χ1) is 12.3. The molecule has 1 amide bonds. The van der Waals surface area contributed by atoms with Crippen molar-refractivity contribution in [2.45, 2.75) is 6.92 Å². The predicted molar refractivity (Wildman–Crippen MR) is 99.5 cm³/mol. The molecular formula is C20H19N3O2. The zero-order chi connectivity index (χ0) is 17.5. The van der Waals surface area contributed by atoms with Gasteiger partial charge in [-0.1, -0.05) is 30.3 Å². The number of carbonyl (C=O) groups excluding carboxylic acids is 1. The van der Waals surface area contributed by atoms with Gasteiger partial charge in [-0.25, -0.2) is 4.98 Å². The summed E-state index contributed by atoms with van der Waals surface area (Å²) in [7, 11) is 0. The molecule has 126 valence electrons. The van der Waals surface area contributed by atoms with E-state index in [1.54, 1.807) is 24.4 Å². The first-order valence-electron chi connectivity index (χ1n) is 8.07. The lowest BCUT2D eigenvalue weighted by Crippen LogP contribution is -2.11. The van der Waals surface area contributed by atoms with Crippen LogP contribution >= 0.6 is 0 Å². The van der Waals surface area contributed by atoms with Crippen LogP contribution in [-0.4, -0.2) is 17.5 Å². The summed E-state index contributed by atoms with van der Waals surface area (Å²) in [6.07, 6.45) is 1.62. The molecule has 25 heavy (non-hydrogen) atoms. The van der Waals surface area contributed by atoms with E-state index in [9.17, 15) is 4.79 Å². The minimum absolute atomic E-state index is 0.162. The lowest BCUT2D eigenvalue weighted by molar-refractivity contribution is 0.102. The zero-order valence-corrected chi connectivity index (χ0v) is 13.9. The maximum absolute atomic E-state index is 12.1. The molecule has 3 rings (SSSR count). The number of amides is 1. The Hall–Kier alpha value is -3.34. The van der Waals surface area contributed by atoms with Crippen molar-refractivity contribution in [3.8, 4) is 5.75 Å². The Morgan fingerprint density at radius 1 is 1.00 bits per heavy atom. The zero-order valence-electron chi connectivity index (χ0n) is 13.9. The molecule has 5 nitrogen and oxygen atoms in total. The van der Waals surface area contributed by atoms with Crippen molar-refractivity contribution in [3.63, 3.8) is 0 Å². The first-order valence-corrected chi connectivity index (χ1v) is 8.07. The molecular weight excluding hydrogens is 314 g/mol. The molecule has 0 fully saturated rings. The number of para-hydroxylation sites is 2. The van der Waals surface area contributed by atoms with Gasteiger partial charge < -0.3 is 15.4 Å². The Morgan fingerprint density at radius 2 is 1.76 bits per heavy atom. The van der Waals surface area contributed by atoms with Crippen LogP contribution in [0.25, 0.3) is 0 Å². The molecule has 1 heterocycles. The van der Waals surface area contributed by atoms with E-state index in [1.165, 1.54) is 0 Å². The standard InChI is InChI=1S/C20H19N3O2/c1-2-25-18-11-7-6-10-17(18)23-19-13-12-16(14-21-19)22-20(24)15-8-4-3-5-9-15/h3-14H,2H2,1H3,(H,21,23)(H,22,24). The summed E-state index contributed by atoms with van der Waals surface area (Å²) in [4.78, 5) is 16.5. The van der Waals surface area contributed by atoms with E-state index in [1.807, 2.05) is 55.5 Å². The van der Waals surface area contributed by atoms with E-state index in [2.05, 4.69) is 15.6 Å². The van der Waals surface area contributed by atoms with E-state index in [-0.39, 0.29) is 5.91 Å². The molecule has 1 aromatic heterocycles. The summed E-state index contributed by atoms with van der Waals surface area (Å²) < 4.78 is 5.59. The Kier molecular flexibility index (Phi) is 5.26. The van der Waals surface area contributed by atoms with Crippen LogP contribution in [0.4, 0.5) is 17.2 Å². The van der Waals surface area contributed by atoms with Crippen LogP contribution in [0.3, 0.4) is 0 Å². The fourth-order valence-electron chi connectivity index (χ4n) is 2.32. The van der Waals surface area contributed by atoms with Crippen LogP contribution < -0.4 is 15.4 Å². The number of benzene rings is 2. The van der Waals surface area contributed by atoms with Gasteiger partial charge in [-0.3, -0.25) is 4.79 Å². The summed E-state index contributed by atoms with van der Waals surface area (Å²) in [5.41, 5.74) is 2.09. The van der Waals surface area contributed by atoms with Gasteiger partial charge in [-0.15, -0.1) is 0 Å². The molecule has 0 unspecified atom stereocenters. The second kappa shape index (κ2) is 7.97. The Balaban J connectivity index is 1.68. The third-order valence-electron chi connectivity index (χ3n) is 3.51. The van der Waals surface area contributed by atoms with Crippen LogP contribution in [-0.2, 0) is 0 Å². The van der Waals surface area contributed by atoms with E-state index in [0.29, 0.717) is 23.7 Å². The van der Waals surface area contributed by atoms with Crippen molar-refractivity contribution in [3.05, 3.63) is 78.5 Å². The molecule has 3 aromatic rings. The molecule has 0 aliphatic carbocycles. The number of ether oxygens (including phenoxy) is 1. The van der Waals surface area contributed by atoms with Crippen molar-refractivity contribution < 1.29 is 9.53 Å². The molecule has 0 atom stereocenters. The van der Waals surface area contributed by atoms with Crippen molar-refractivity contribution >= 4 is 23.1 Å². The largest absolute Gasteiger partial charge is 0.492 e. The van der Waals surface area contributed by atoms with Crippen molar-refractivity contribution in [1.82, 2.24) is 4.98 Å². The van der Waals surface area contributed by atoms with Crippen LogP contribution in [0.5, 0.6) is 5.75 Å². The average Bonchev–Trinajstić information content (AvgIpc) is 2.66. The van der Waals surface area contributed by atoms with Gasteiger partial charge in [0.05, 0.1) is 24.2 Å². The number of anilines is 3. The normalized spacial score (nSPS) is 10.1. The second-order valence-corrected chi connectivity index (χ2v) is 5.31. The Morgan fingerprint density at radius 3 is 2.48 bits per heavy atom. The van der Waals surface area contributed by atoms with Gasteiger partial charge in [0.2, 0.25) is 0 Å². The topological polar surface area (TPSA) is 63.2 Å². The van der Waals surface area contributed by atoms with Crippen molar-refractivity contribution in [2.24, 2.45) is 0 Å². The second-order valence-electron chi connectivity index (χ2n) is 5.31. The molecule has 0 saturated heterocycles. The van der Waals surface area contributed by atoms with Gasteiger partial charge in [-0.2, -0.15) is 0 Å². The lowest BCUT2D eigenvalue weighted by Gasteiger charge is -2.12. The monoisotopic (exact) mass is 333 g/mol. The van der Waals surface area contributed by atoms with Gasteiger partial charge in [-0.05, 0) is 43.3 Å². The van der Waals surface area contributed by atoms with Crippen LogP contribution in [0.2, 0.25) is 0 Å². The quantitative estimate of drug-likeness (QED) is 0.698. The number of aromatic nitrogens is 1. The van der Waals surface area contributed by atoms with Crippen LogP contribution in [0.15, 0.2) is 72.9 Å². The van der Waals surface area contributed by atoms with Crippen molar-refractivity contribution in [1.29, 1.82) is 0 Å². The number of carbonyl (C=O) groups is 1. The molecule has 0 radical (unpaired) electrons. The number of hydrogen-bond acceptors (Lipinski definition) is 4. The van der Waals surface area contributed by atoms with Gasteiger partial charge in [0.1, 0.15) is 11.6 Å². The molecule has 2 aromatic carbocycles.